The zero-order valence-corrected chi connectivity index (χ0v) is 9.08. The van der Waals surface area contributed by atoms with E-state index in [1.54, 1.807) is 6.92 Å². The van der Waals surface area contributed by atoms with Crippen LogP contribution in [0.5, 0.6) is 11.5 Å². The third-order valence-corrected chi connectivity index (χ3v) is 1.79. The van der Waals surface area contributed by atoms with Gasteiger partial charge in [-0.3, -0.25) is 10.1 Å². The molecular formula is C10H11NO6. The average Bonchev–Trinajstić information content (AvgIpc) is 2.27. The zero-order chi connectivity index (χ0) is 12.8. The summed E-state index contributed by atoms with van der Waals surface area (Å²) >= 11 is 0. The molecule has 1 rings (SSSR count). The molecule has 0 fully saturated rings. The molecule has 1 aromatic rings. The van der Waals surface area contributed by atoms with Crippen LogP contribution < -0.4 is 4.74 Å². The molecule has 0 aliphatic rings. The monoisotopic (exact) mass is 241 g/mol. The van der Waals surface area contributed by atoms with E-state index in [0.717, 1.165) is 6.07 Å². The Morgan fingerprint density at radius 1 is 1.53 bits per heavy atom. The molecule has 0 bridgehead atoms. The van der Waals surface area contributed by atoms with Gasteiger partial charge in [-0.05, 0) is 19.1 Å². The first-order chi connectivity index (χ1) is 8.04. The fourth-order valence-corrected chi connectivity index (χ4v) is 1.11. The number of nitro groups is 1. The lowest BCUT2D eigenvalue weighted by Gasteiger charge is -2.06. The molecular weight excluding hydrogens is 230 g/mol. The van der Waals surface area contributed by atoms with Crippen LogP contribution in [0, 0.1) is 10.1 Å². The lowest BCUT2D eigenvalue weighted by Crippen LogP contribution is -2.15. The van der Waals surface area contributed by atoms with Crippen LogP contribution in [0.15, 0.2) is 18.2 Å². The van der Waals surface area contributed by atoms with Gasteiger partial charge in [0.15, 0.2) is 12.4 Å². The lowest BCUT2D eigenvalue weighted by molar-refractivity contribution is -0.385. The van der Waals surface area contributed by atoms with Gasteiger partial charge in [-0.25, -0.2) is 4.79 Å². The van der Waals surface area contributed by atoms with Gasteiger partial charge in [0.05, 0.1) is 17.6 Å². The highest BCUT2D eigenvalue weighted by molar-refractivity contribution is 5.71. The molecule has 0 heterocycles. The highest BCUT2D eigenvalue weighted by atomic mass is 16.6. The Morgan fingerprint density at radius 3 is 2.82 bits per heavy atom. The Bertz CT molecular complexity index is 431. The van der Waals surface area contributed by atoms with E-state index < -0.39 is 23.2 Å². The maximum atomic E-state index is 11.0. The smallest absolute Gasteiger partial charge is 0.344 e. The molecule has 1 aromatic carbocycles. The Hall–Kier alpha value is -2.31. The van der Waals surface area contributed by atoms with Gasteiger partial charge in [0.25, 0.3) is 0 Å². The second-order valence-electron chi connectivity index (χ2n) is 3.00. The normalized spacial score (nSPS) is 9.71. The maximum absolute atomic E-state index is 11.0. The second-order valence-corrected chi connectivity index (χ2v) is 3.00. The number of phenols is 1. The number of benzene rings is 1. The Labute approximate surface area is 96.7 Å². The number of phenolic OH excluding ortho intramolecular Hbond substituents is 1. The van der Waals surface area contributed by atoms with Crippen molar-refractivity contribution in [3.05, 3.63) is 28.3 Å². The summed E-state index contributed by atoms with van der Waals surface area (Å²) in [5.41, 5.74) is -0.408. The molecule has 0 unspecified atom stereocenters. The summed E-state index contributed by atoms with van der Waals surface area (Å²) in [6.45, 7) is 1.43. The largest absolute Gasteiger partial charge is 0.508 e. The van der Waals surface area contributed by atoms with Crippen LogP contribution in [-0.2, 0) is 9.53 Å². The van der Waals surface area contributed by atoms with Crippen LogP contribution >= 0.6 is 0 Å². The molecule has 0 spiro atoms. The van der Waals surface area contributed by atoms with Crippen LogP contribution in [0.4, 0.5) is 5.69 Å². The van der Waals surface area contributed by atoms with E-state index in [-0.39, 0.29) is 18.1 Å². The molecule has 0 radical (unpaired) electrons. The van der Waals surface area contributed by atoms with Crippen molar-refractivity contribution < 1.29 is 24.3 Å². The summed E-state index contributed by atoms with van der Waals surface area (Å²) in [6, 6.07) is 3.39. The Balaban J connectivity index is 2.77. The van der Waals surface area contributed by atoms with Gasteiger partial charge in [0, 0.05) is 0 Å². The minimum absolute atomic E-state index is 0.0964. The van der Waals surface area contributed by atoms with Crippen LogP contribution in [0.25, 0.3) is 0 Å². The van der Waals surface area contributed by atoms with Gasteiger partial charge in [0.1, 0.15) is 5.75 Å². The number of carbonyl (C=O) groups excluding carboxylic acids is 1. The lowest BCUT2D eigenvalue weighted by atomic mass is 10.3. The second kappa shape index (κ2) is 5.69. The number of nitrogens with zero attached hydrogens (tertiary/aromatic N) is 1. The molecule has 0 saturated heterocycles. The third-order valence-electron chi connectivity index (χ3n) is 1.79. The van der Waals surface area contributed by atoms with Crippen molar-refractivity contribution in [1.29, 1.82) is 0 Å². The predicted molar refractivity (Wildman–Crippen MR) is 56.9 cm³/mol. The molecule has 0 aliphatic carbocycles. The summed E-state index contributed by atoms with van der Waals surface area (Å²) in [5, 5.41) is 19.7. The van der Waals surface area contributed by atoms with Gasteiger partial charge < -0.3 is 14.6 Å². The standard InChI is InChI=1S/C10H11NO6/c1-2-16-10(13)6-17-9-4-3-7(12)5-8(9)11(14)15/h3-5,12H,2,6H2,1H3. The van der Waals surface area contributed by atoms with Crippen LogP contribution in [0.3, 0.4) is 0 Å². The summed E-state index contributed by atoms with van der Waals surface area (Å²) in [6.07, 6.45) is 0. The first kappa shape index (κ1) is 12.8. The number of rotatable bonds is 5. The fourth-order valence-electron chi connectivity index (χ4n) is 1.11. The number of nitro benzene ring substituents is 1. The molecule has 0 aromatic heterocycles. The first-order valence-electron chi connectivity index (χ1n) is 4.80. The van der Waals surface area contributed by atoms with E-state index in [1.165, 1.54) is 12.1 Å². The van der Waals surface area contributed by atoms with E-state index in [9.17, 15) is 14.9 Å². The third kappa shape index (κ3) is 3.63. The van der Waals surface area contributed by atoms with Gasteiger partial charge in [-0.2, -0.15) is 0 Å². The minimum atomic E-state index is -0.708. The SMILES string of the molecule is CCOC(=O)COc1ccc(O)cc1[N+](=O)[O-]. The number of hydrogen-bond donors (Lipinski definition) is 1. The highest BCUT2D eigenvalue weighted by Crippen LogP contribution is 2.30. The topological polar surface area (TPSA) is 98.9 Å². The number of carbonyl (C=O) groups is 1. The molecule has 0 saturated carbocycles. The van der Waals surface area contributed by atoms with Gasteiger partial charge in [0.2, 0.25) is 0 Å². The average molecular weight is 241 g/mol. The first-order valence-corrected chi connectivity index (χ1v) is 4.80. The molecule has 0 atom stereocenters. The van der Waals surface area contributed by atoms with Crippen LogP contribution in [-0.4, -0.2) is 29.2 Å². The van der Waals surface area contributed by atoms with Crippen molar-refractivity contribution in [2.24, 2.45) is 0 Å². The molecule has 7 nitrogen and oxygen atoms in total. The number of hydrogen-bond acceptors (Lipinski definition) is 6. The van der Waals surface area contributed by atoms with Crippen LogP contribution in [0.2, 0.25) is 0 Å². The summed E-state index contributed by atoms with van der Waals surface area (Å²) in [7, 11) is 0. The van der Waals surface area contributed by atoms with E-state index >= 15 is 0 Å². The van der Waals surface area contributed by atoms with Crippen molar-refractivity contribution in [1.82, 2.24) is 0 Å². The van der Waals surface area contributed by atoms with Gasteiger partial charge in [-0.1, -0.05) is 0 Å². The van der Waals surface area contributed by atoms with Crippen molar-refractivity contribution in [2.75, 3.05) is 13.2 Å². The molecule has 0 aliphatic heterocycles. The summed E-state index contributed by atoms with van der Waals surface area (Å²) in [4.78, 5) is 20.9. The van der Waals surface area contributed by atoms with Crippen LogP contribution in [0.1, 0.15) is 6.92 Å². The fraction of sp³-hybridized carbons (Fsp3) is 0.300. The highest BCUT2D eigenvalue weighted by Gasteiger charge is 2.17. The summed E-state index contributed by atoms with van der Waals surface area (Å²) in [5.74, 6) is -0.962. The van der Waals surface area contributed by atoms with Crippen molar-refractivity contribution in [3.8, 4) is 11.5 Å². The van der Waals surface area contributed by atoms with Crippen molar-refractivity contribution >= 4 is 11.7 Å². The maximum Gasteiger partial charge on any atom is 0.344 e. The van der Waals surface area contributed by atoms with Gasteiger partial charge >= 0.3 is 11.7 Å². The van der Waals surface area contributed by atoms with Crippen molar-refractivity contribution in [2.45, 2.75) is 6.92 Å². The van der Waals surface area contributed by atoms with Gasteiger partial charge in [-0.15, -0.1) is 0 Å². The molecule has 1 N–H and O–H groups in total. The van der Waals surface area contributed by atoms with E-state index in [4.69, 9.17) is 9.84 Å². The minimum Gasteiger partial charge on any atom is -0.508 e. The zero-order valence-electron chi connectivity index (χ0n) is 9.08. The Kier molecular flexibility index (Phi) is 4.27. The summed E-state index contributed by atoms with van der Waals surface area (Å²) < 4.78 is 9.54. The Morgan fingerprint density at radius 2 is 2.24 bits per heavy atom. The number of ether oxygens (including phenoxy) is 2. The quantitative estimate of drug-likeness (QED) is 0.473. The van der Waals surface area contributed by atoms with E-state index in [0.29, 0.717) is 0 Å². The molecule has 0 amide bonds. The number of esters is 1. The number of aromatic hydroxyl groups is 1. The van der Waals surface area contributed by atoms with E-state index in [2.05, 4.69) is 4.74 Å². The molecule has 17 heavy (non-hydrogen) atoms. The van der Waals surface area contributed by atoms with Crippen molar-refractivity contribution in [3.63, 3.8) is 0 Å². The molecule has 7 heteroatoms. The predicted octanol–water partition coefficient (Wildman–Crippen LogP) is 1.24. The molecule has 92 valence electrons. The van der Waals surface area contributed by atoms with E-state index in [1.807, 2.05) is 0 Å².